The molecule has 2 rings (SSSR count). The molecule has 4 nitrogen and oxygen atoms in total. The number of rotatable bonds is 4. The number of aryl methyl sites for hydroxylation is 1. The molecule has 0 aliphatic carbocycles. The van der Waals surface area contributed by atoms with E-state index in [1.807, 2.05) is 31.2 Å². The second-order valence-electron chi connectivity index (χ2n) is 4.11. The molecule has 4 heteroatoms. The van der Waals surface area contributed by atoms with Crippen molar-refractivity contribution in [2.75, 3.05) is 13.7 Å². The lowest BCUT2D eigenvalue weighted by molar-refractivity contribution is 0.416. The fourth-order valence-electron chi connectivity index (χ4n) is 1.80. The minimum atomic E-state index is 0.585. The summed E-state index contributed by atoms with van der Waals surface area (Å²) in [6.45, 7) is 2.61. The van der Waals surface area contributed by atoms with Gasteiger partial charge in [-0.1, -0.05) is 6.07 Å². The predicted octanol–water partition coefficient (Wildman–Crippen LogP) is 1.96. The summed E-state index contributed by atoms with van der Waals surface area (Å²) in [6.07, 6.45) is 2.51. The molecule has 1 heterocycles. The highest BCUT2D eigenvalue weighted by molar-refractivity contribution is 5.64. The van der Waals surface area contributed by atoms with Crippen molar-refractivity contribution in [3.05, 3.63) is 41.7 Å². The maximum atomic E-state index is 5.54. The molecule has 0 aliphatic heterocycles. The van der Waals surface area contributed by atoms with Crippen molar-refractivity contribution < 1.29 is 4.74 Å². The van der Waals surface area contributed by atoms with Crippen LogP contribution < -0.4 is 10.5 Å². The van der Waals surface area contributed by atoms with E-state index in [1.165, 1.54) is 0 Å². The summed E-state index contributed by atoms with van der Waals surface area (Å²) >= 11 is 0. The lowest BCUT2D eigenvalue weighted by Crippen LogP contribution is -2.05. The summed E-state index contributed by atoms with van der Waals surface area (Å²) in [5.41, 5.74) is 8.54. The van der Waals surface area contributed by atoms with Gasteiger partial charge in [0, 0.05) is 18.3 Å². The molecule has 94 valence electrons. The van der Waals surface area contributed by atoms with Crippen LogP contribution in [0.5, 0.6) is 5.75 Å². The van der Waals surface area contributed by atoms with Crippen molar-refractivity contribution in [3.8, 4) is 17.1 Å². The van der Waals surface area contributed by atoms with Crippen LogP contribution in [0.2, 0.25) is 0 Å². The van der Waals surface area contributed by atoms with E-state index in [2.05, 4.69) is 9.97 Å². The number of nitrogens with zero attached hydrogens (tertiary/aromatic N) is 2. The average Bonchev–Trinajstić information content (AvgIpc) is 2.39. The van der Waals surface area contributed by atoms with Crippen molar-refractivity contribution in [1.29, 1.82) is 0 Å². The Morgan fingerprint density at radius 3 is 2.83 bits per heavy atom. The van der Waals surface area contributed by atoms with E-state index in [1.54, 1.807) is 13.3 Å². The molecule has 0 amide bonds. The highest BCUT2D eigenvalue weighted by Gasteiger charge is 2.09. The Hall–Kier alpha value is -1.94. The lowest BCUT2D eigenvalue weighted by atomic mass is 10.1. The highest BCUT2D eigenvalue weighted by atomic mass is 16.5. The molecule has 0 unspecified atom stereocenters. The minimum Gasteiger partial charge on any atom is -0.496 e. The van der Waals surface area contributed by atoms with Crippen LogP contribution in [0.4, 0.5) is 0 Å². The molecule has 0 saturated carbocycles. The molecule has 0 bridgehead atoms. The van der Waals surface area contributed by atoms with Gasteiger partial charge in [-0.05, 0) is 37.2 Å². The number of aromatic nitrogens is 2. The van der Waals surface area contributed by atoms with E-state index in [-0.39, 0.29) is 0 Å². The van der Waals surface area contributed by atoms with Gasteiger partial charge in [-0.25, -0.2) is 9.97 Å². The van der Waals surface area contributed by atoms with Gasteiger partial charge in [-0.2, -0.15) is 0 Å². The molecule has 0 atom stereocenters. The first kappa shape index (κ1) is 12.5. The van der Waals surface area contributed by atoms with Gasteiger partial charge >= 0.3 is 0 Å². The summed E-state index contributed by atoms with van der Waals surface area (Å²) in [6, 6.07) is 7.87. The molecule has 2 N–H and O–H groups in total. The monoisotopic (exact) mass is 243 g/mol. The van der Waals surface area contributed by atoms with Crippen molar-refractivity contribution in [3.63, 3.8) is 0 Å². The number of hydrogen-bond acceptors (Lipinski definition) is 4. The van der Waals surface area contributed by atoms with E-state index in [4.69, 9.17) is 10.5 Å². The van der Waals surface area contributed by atoms with Crippen LogP contribution in [0.3, 0.4) is 0 Å². The smallest absolute Gasteiger partial charge is 0.163 e. The molecule has 0 aliphatic rings. The molecule has 0 saturated heterocycles. The Kier molecular flexibility index (Phi) is 3.89. The van der Waals surface area contributed by atoms with Crippen molar-refractivity contribution in [2.24, 2.45) is 5.73 Å². The largest absolute Gasteiger partial charge is 0.496 e. The normalized spacial score (nSPS) is 10.4. The maximum Gasteiger partial charge on any atom is 0.163 e. The second-order valence-corrected chi connectivity index (χ2v) is 4.11. The zero-order chi connectivity index (χ0) is 13.0. The Labute approximate surface area is 107 Å². The number of methoxy groups -OCH3 is 1. The van der Waals surface area contributed by atoms with Gasteiger partial charge in [-0.3, -0.25) is 0 Å². The molecule has 2 aromatic rings. The fraction of sp³-hybridized carbons (Fsp3) is 0.286. The first-order chi connectivity index (χ1) is 8.74. The van der Waals surface area contributed by atoms with Crippen molar-refractivity contribution in [1.82, 2.24) is 9.97 Å². The summed E-state index contributed by atoms with van der Waals surface area (Å²) in [5.74, 6) is 1.47. The van der Waals surface area contributed by atoms with Crippen LogP contribution in [0.15, 0.2) is 30.5 Å². The molecular weight excluding hydrogens is 226 g/mol. The van der Waals surface area contributed by atoms with E-state index in [9.17, 15) is 0 Å². The molecule has 0 fully saturated rings. The van der Waals surface area contributed by atoms with Gasteiger partial charge in [0.1, 0.15) is 5.75 Å². The maximum absolute atomic E-state index is 5.54. The zero-order valence-electron chi connectivity index (χ0n) is 10.7. The van der Waals surface area contributed by atoms with Crippen LogP contribution in [0.25, 0.3) is 11.4 Å². The second kappa shape index (κ2) is 5.60. The van der Waals surface area contributed by atoms with Gasteiger partial charge in [0.05, 0.1) is 12.7 Å². The van der Waals surface area contributed by atoms with Crippen LogP contribution in [0, 0.1) is 6.92 Å². The molecule has 0 spiro atoms. The zero-order valence-corrected chi connectivity index (χ0v) is 10.7. The quantitative estimate of drug-likeness (QED) is 0.891. The number of nitrogens with two attached hydrogens (primary N) is 1. The van der Waals surface area contributed by atoms with E-state index in [0.29, 0.717) is 12.4 Å². The van der Waals surface area contributed by atoms with Crippen molar-refractivity contribution >= 4 is 0 Å². The standard InChI is InChI=1S/C14H17N3O/c1-10-3-4-12(13(9-10)18-2)14-16-8-6-11(17-14)5-7-15/h3-4,6,8-9H,5,7,15H2,1-2H3. The Morgan fingerprint density at radius 1 is 1.28 bits per heavy atom. The molecule has 1 aromatic heterocycles. The average molecular weight is 243 g/mol. The molecule has 18 heavy (non-hydrogen) atoms. The Bertz CT molecular complexity index is 540. The number of hydrogen-bond donors (Lipinski definition) is 1. The first-order valence-electron chi connectivity index (χ1n) is 5.91. The van der Waals surface area contributed by atoms with Gasteiger partial charge in [0.2, 0.25) is 0 Å². The minimum absolute atomic E-state index is 0.585. The Balaban J connectivity index is 2.44. The molecule has 1 aromatic carbocycles. The third kappa shape index (κ3) is 2.65. The van der Waals surface area contributed by atoms with Gasteiger partial charge in [0.15, 0.2) is 5.82 Å². The van der Waals surface area contributed by atoms with Crippen LogP contribution >= 0.6 is 0 Å². The third-order valence-corrected chi connectivity index (χ3v) is 2.71. The van der Waals surface area contributed by atoms with E-state index < -0.39 is 0 Å². The summed E-state index contributed by atoms with van der Waals surface area (Å²) in [5, 5.41) is 0. The van der Waals surface area contributed by atoms with Gasteiger partial charge < -0.3 is 10.5 Å². The van der Waals surface area contributed by atoms with Crippen LogP contribution in [-0.2, 0) is 6.42 Å². The van der Waals surface area contributed by atoms with Crippen LogP contribution in [-0.4, -0.2) is 23.6 Å². The Morgan fingerprint density at radius 2 is 2.11 bits per heavy atom. The third-order valence-electron chi connectivity index (χ3n) is 2.71. The lowest BCUT2D eigenvalue weighted by Gasteiger charge is -2.09. The fourth-order valence-corrected chi connectivity index (χ4v) is 1.80. The van der Waals surface area contributed by atoms with Crippen LogP contribution in [0.1, 0.15) is 11.3 Å². The van der Waals surface area contributed by atoms with E-state index >= 15 is 0 Å². The SMILES string of the molecule is COc1cc(C)ccc1-c1nccc(CCN)n1. The predicted molar refractivity (Wildman–Crippen MR) is 71.5 cm³/mol. The van der Waals surface area contributed by atoms with Gasteiger partial charge in [-0.15, -0.1) is 0 Å². The highest BCUT2D eigenvalue weighted by Crippen LogP contribution is 2.28. The summed E-state index contributed by atoms with van der Waals surface area (Å²) in [7, 11) is 1.65. The summed E-state index contributed by atoms with van der Waals surface area (Å²) in [4.78, 5) is 8.80. The number of ether oxygens (including phenoxy) is 1. The van der Waals surface area contributed by atoms with Crippen molar-refractivity contribution in [2.45, 2.75) is 13.3 Å². The molecule has 0 radical (unpaired) electrons. The summed E-state index contributed by atoms with van der Waals surface area (Å²) < 4.78 is 5.38. The van der Waals surface area contributed by atoms with Gasteiger partial charge in [0.25, 0.3) is 0 Å². The van der Waals surface area contributed by atoms with E-state index in [0.717, 1.165) is 29.0 Å². The molecular formula is C14H17N3O. The topological polar surface area (TPSA) is 61.0 Å². The number of benzene rings is 1. The first-order valence-corrected chi connectivity index (χ1v) is 5.91.